The monoisotopic (exact) mass is 331 g/mol. The maximum atomic E-state index is 12.0. The second-order valence-corrected chi connectivity index (χ2v) is 5.23. The van der Waals surface area contributed by atoms with Crippen LogP contribution in [0.25, 0.3) is 0 Å². The normalized spacial score (nSPS) is 11.6. The Morgan fingerprint density at radius 1 is 1.29 bits per heavy atom. The van der Waals surface area contributed by atoms with Crippen LogP contribution in [0.1, 0.15) is 34.8 Å². The summed E-state index contributed by atoms with van der Waals surface area (Å²) in [5, 5.41) is 15.8. The molecule has 2 amide bonds. The quantitative estimate of drug-likeness (QED) is 0.621. The Kier molecular flexibility index (Phi) is 5.31. The Balaban J connectivity index is 1.88. The van der Waals surface area contributed by atoms with Crippen LogP contribution >= 0.6 is 0 Å². The largest absolute Gasteiger partial charge is 0.464 e. The highest BCUT2D eigenvalue weighted by Crippen LogP contribution is 2.15. The second kappa shape index (κ2) is 7.40. The third-order valence-electron chi connectivity index (χ3n) is 3.29. The number of nitrogens with zero attached hydrogens (tertiary/aromatic N) is 1. The van der Waals surface area contributed by atoms with Gasteiger partial charge < -0.3 is 15.1 Å². The van der Waals surface area contributed by atoms with Crippen molar-refractivity contribution in [3.63, 3.8) is 0 Å². The van der Waals surface area contributed by atoms with Crippen molar-refractivity contribution in [2.75, 3.05) is 6.54 Å². The fourth-order valence-corrected chi connectivity index (χ4v) is 2.07. The summed E-state index contributed by atoms with van der Waals surface area (Å²) < 4.78 is 5.41. The highest BCUT2D eigenvalue weighted by Gasteiger charge is 2.15. The molecule has 0 aliphatic heterocycles. The van der Waals surface area contributed by atoms with Gasteiger partial charge in [-0.2, -0.15) is 0 Å². The van der Waals surface area contributed by atoms with Gasteiger partial charge >= 0.3 is 0 Å². The summed E-state index contributed by atoms with van der Waals surface area (Å²) in [6, 6.07) is 8.52. The lowest BCUT2D eigenvalue weighted by atomic mass is 10.2. The summed E-state index contributed by atoms with van der Waals surface area (Å²) in [6.07, 6.45) is 0. The van der Waals surface area contributed by atoms with Crippen LogP contribution in [0.2, 0.25) is 0 Å². The first-order valence-electron chi connectivity index (χ1n) is 7.25. The standard InChI is InChI=1S/C16H17N3O5/c1-10-6-7-14(24-10)11(2)18-15(20)9-17-16(21)12-4-3-5-13(8-12)19(22)23/h3-8,11H,9H2,1-2H3,(H,17,21)(H,18,20). The Morgan fingerprint density at radius 2 is 2.04 bits per heavy atom. The summed E-state index contributed by atoms with van der Waals surface area (Å²) in [5.74, 6) is 0.404. The van der Waals surface area contributed by atoms with Crippen LogP contribution < -0.4 is 10.6 Å². The molecule has 1 unspecified atom stereocenters. The van der Waals surface area contributed by atoms with E-state index in [1.54, 1.807) is 26.0 Å². The van der Waals surface area contributed by atoms with Crippen molar-refractivity contribution in [3.8, 4) is 0 Å². The lowest BCUT2D eigenvalue weighted by Gasteiger charge is -2.12. The first-order valence-corrected chi connectivity index (χ1v) is 7.25. The number of benzene rings is 1. The number of aryl methyl sites for hydroxylation is 1. The Morgan fingerprint density at radius 3 is 2.67 bits per heavy atom. The molecule has 2 N–H and O–H groups in total. The summed E-state index contributed by atoms with van der Waals surface area (Å²) in [6.45, 7) is 3.32. The molecule has 8 heteroatoms. The molecule has 0 saturated heterocycles. The van der Waals surface area contributed by atoms with Crippen LogP contribution in [0.15, 0.2) is 40.8 Å². The summed E-state index contributed by atoms with van der Waals surface area (Å²) >= 11 is 0. The first-order chi connectivity index (χ1) is 11.4. The van der Waals surface area contributed by atoms with Crippen LogP contribution in [-0.4, -0.2) is 23.3 Å². The molecule has 126 valence electrons. The maximum absolute atomic E-state index is 12.0. The van der Waals surface area contributed by atoms with Gasteiger partial charge in [0.25, 0.3) is 11.6 Å². The van der Waals surface area contributed by atoms with E-state index in [0.717, 1.165) is 11.8 Å². The minimum absolute atomic E-state index is 0.117. The number of nitro benzene ring substituents is 1. The SMILES string of the molecule is Cc1ccc(C(C)NC(=O)CNC(=O)c2cccc([N+](=O)[O-])c2)o1. The van der Waals surface area contributed by atoms with Gasteiger partial charge in [0.2, 0.25) is 5.91 Å². The molecule has 2 rings (SSSR count). The number of nitro groups is 1. The van der Waals surface area contributed by atoms with E-state index in [1.807, 2.05) is 0 Å². The first kappa shape index (κ1) is 17.2. The number of hydrogen-bond donors (Lipinski definition) is 2. The molecule has 24 heavy (non-hydrogen) atoms. The lowest BCUT2D eigenvalue weighted by Crippen LogP contribution is -2.37. The van der Waals surface area contributed by atoms with Crippen molar-refractivity contribution in [1.29, 1.82) is 0 Å². The van der Waals surface area contributed by atoms with Gasteiger partial charge in [-0.1, -0.05) is 6.07 Å². The van der Waals surface area contributed by atoms with Crippen LogP contribution in [0.3, 0.4) is 0 Å². The summed E-state index contributed by atoms with van der Waals surface area (Å²) in [5.41, 5.74) is -0.0689. The number of carbonyl (C=O) groups excluding carboxylic acids is 2. The highest BCUT2D eigenvalue weighted by atomic mass is 16.6. The molecule has 8 nitrogen and oxygen atoms in total. The van der Waals surface area contributed by atoms with Crippen LogP contribution in [-0.2, 0) is 4.79 Å². The average molecular weight is 331 g/mol. The number of rotatable bonds is 6. The fourth-order valence-electron chi connectivity index (χ4n) is 2.07. The van der Waals surface area contributed by atoms with Crippen molar-refractivity contribution < 1.29 is 18.9 Å². The van der Waals surface area contributed by atoms with Gasteiger partial charge in [0.05, 0.1) is 17.5 Å². The third-order valence-corrected chi connectivity index (χ3v) is 3.29. The molecule has 2 aromatic rings. The number of amides is 2. The Labute approximate surface area is 138 Å². The van der Waals surface area contributed by atoms with E-state index in [9.17, 15) is 19.7 Å². The molecule has 0 aliphatic carbocycles. The predicted octanol–water partition coefficient (Wildman–Crippen LogP) is 2.10. The number of nitrogens with one attached hydrogen (secondary N) is 2. The molecule has 0 saturated carbocycles. The van der Waals surface area contributed by atoms with Gasteiger partial charge in [-0.05, 0) is 32.0 Å². The van der Waals surface area contributed by atoms with E-state index in [0.29, 0.717) is 5.76 Å². The molecule has 0 bridgehead atoms. The summed E-state index contributed by atoms with van der Waals surface area (Å²) in [4.78, 5) is 33.9. The van der Waals surface area contributed by atoms with Gasteiger partial charge in [-0.3, -0.25) is 19.7 Å². The van der Waals surface area contributed by atoms with Crippen molar-refractivity contribution in [2.45, 2.75) is 19.9 Å². The zero-order valence-corrected chi connectivity index (χ0v) is 13.2. The summed E-state index contributed by atoms with van der Waals surface area (Å²) in [7, 11) is 0. The van der Waals surface area contributed by atoms with E-state index in [1.165, 1.54) is 18.2 Å². The maximum Gasteiger partial charge on any atom is 0.270 e. The van der Waals surface area contributed by atoms with Gasteiger partial charge in [0.15, 0.2) is 0 Å². The van der Waals surface area contributed by atoms with Crippen LogP contribution in [0, 0.1) is 17.0 Å². The Hall–Kier alpha value is -3.16. The van der Waals surface area contributed by atoms with Crippen LogP contribution in [0.5, 0.6) is 0 Å². The predicted molar refractivity (Wildman–Crippen MR) is 85.4 cm³/mol. The number of furan rings is 1. The average Bonchev–Trinajstić information content (AvgIpc) is 2.99. The number of hydrogen-bond acceptors (Lipinski definition) is 5. The molecule has 0 aliphatic rings. The molecule has 1 aromatic heterocycles. The molecule has 0 radical (unpaired) electrons. The van der Waals surface area contributed by atoms with Crippen LogP contribution in [0.4, 0.5) is 5.69 Å². The number of non-ortho nitro benzene ring substituents is 1. The van der Waals surface area contributed by atoms with E-state index < -0.39 is 16.7 Å². The minimum Gasteiger partial charge on any atom is -0.464 e. The van der Waals surface area contributed by atoms with Crippen molar-refractivity contribution in [2.24, 2.45) is 0 Å². The van der Waals surface area contributed by atoms with Gasteiger partial charge in [0.1, 0.15) is 11.5 Å². The van der Waals surface area contributed by atoms with Gasteiger partial charge in [-0.25, -0.2) is 0 Å². The molecule has 1 heterocycles. The van der Waals surface area contributed by atoms with Gasteiger partial charge in [-0.15, -0.1) is 0 Å². The molecule has 0 fully saturated rings. The van der Waals surface area contributed by atoms with Crippen molar-refractivity contribution in [1.82, 2.24) is 10.6 Å². The van der Waals surface area contributed by atoms with E-state index >= 15 is 0 Å². The van der Waals surface area contributed by atoms with Gasteiger partial charge in [0, 0.05) is 17.7 Å². The zero-order valence-electron chi connectivity index (χ0n) is 13.2. The zero-order chi connectivity index (χ0) is 17.7. The lowest BCUT2D eigenvalue weighted by molar-refractivity contribution is -0.384. The molecule has 1 atom stereocenters. The van der Waals surface area contributed by atoms with E-state index in [-0.39, 0.29) is 23.8 Å². The topological polar surface area (TPSA) is 114 Å². The molecular weight excluding hydrogens is 314 g/mol. The van der Waals surface area contributed by atoms with E-state index in [2.05, 4.69) is 10.6 Å². The highest BCUT2D eigenvalue weighted by molar-refractivity contribution is 5.96. The van der Waals surface area contributed by atoms with Crippen molar-refractivity contribution >= 4 is 17.5 Å². The number of carbonyl (C=O) groups is 2. The molecule has 1 aromatic carbocycles. The molecule has 0 spiro atoms. The second-order valence-electron chi connectivity index (χ2n) is 5.23. The molecular formula is C16H17N3O5. The minimum atomic E-state index is -0.587. The third kappa shape index (κ3) is 4.42. The fraction of sp³-hybridized carbons (Fsp3) is 0.250. The van der Waals surface area contributed by atoms with Crippen molar-refractivity contribution in [3.05, 3.63) is 63.6 Å². The van der Waals surface area contributed by atoms with E-state index in [4.69, 9.17) is 4.42 Å². The smallest absolute Gasteiger partial charge is 0.270 e. The Bertz CT molecular complexity index is 769.